The second-order valence-corrected chi connectivity index (χ2v) is 8.66. The monoisotopic (exact) mass is 407 g/mol. The Hall–Kier alpha value is -2.71. The van der Waals surface area contributed by atoms with Gasteiger partial charge < -0.3 is 20.1 Å². The van der Waals surface area contributed by atoms with Crippen LogP contribution in [-0.2, 0) is 9.53 Å². The van der Waals surface area contributed by atoms with Crippen LogP contribution in [0.1, 0.15) is 56.8 Å². The first-order chi connectivity index (χ1) is 13.5. The van der Waals surface area contributed by atoms with E-state index in [9.17, 15) is 23.9 Å². The predicted molar refractivity (Wildman–Crippen MR) is 101 cm³/mol. The fourth-order valence-corrected chi connectivity index (χ4v) is 4.32. The molecule has 2 bridgehead atoms. The number of piperidine rings is 1. The van der Waals surface area contributed by atoms with E-state index in [0.717, 1.165) is 18.9 Å². The molecule has 0 spiro atoms. The van der Waals surface area contributed by atoms with Crippen molar-refractivity contribution in [2.45, 2.75) is 70.2 Å². The number of carboxylic acid groups (broad SMARTS) is 1. The number of nitrogens with zero attached hydrogens (tertiary/aromatic N) is 2. The van der Waals surface area contributed by atoms with Gasteiger partial charge in [-0.15, -0.1) is 0 Å². The van der Waals surface area contributed by atoms with Crippen molar-refractivity contribution in [1.82, 2.24) is 15.2 Å². The summed E-state index contributed by atoms with van der Waals surface area (Å²) in [7, 11) is 0. The molecule has 0 radical (unpaired) electrons. The van der Waals surface area contributed by atoms with Crippen molar-refractivity contribution in [3.8, 4) is 0 Å². The standard InChI is InChI=1S/C20H26FN3O5/c1-20(2,3)29-19(28)23-16(18(26)27)12-8-13-4-5-14(9-12)24(13)17(25)11-6-7-22-15(21)10-11/h6-7,10,12-14,16H,4-5,8-9H2,1-3H3,(H,23,28)(H,26,27)/t12?,13?,14?,16-/m0/s1. The molecule has 29 heavy (non-hydrogen) atoms. The van der Waals surface area contributed by atoms with Gasteiger partial charge in [0.25, 0.3) is 5.91 Å². The van der Waals surface area contributed by atoms with Gasteiger partial charge in [-0.2, -0.15) is 4.39 Å². The van der Waals surface area contributed by atoms with Gasteiger partial charge >= 0.3 is 12.1 Å². The van der Waals surface area contributed by atoms with Crippen LogP contribution in [0.3, 0.4) is 0 Å². The fourth-order valence-electron chi connectivity index (χ4n) is 4.32. The van der Waals surface area contributed by atoms with Crippen LogP contribution in [0.25, 0.3) is 0 Å². The van der Waals surface area contributed by atoms with Crippen molar-refractivity contribution in [3.63, 3.8) is 0 Å². The number of alkyl carbamates (subject to hydrolysis) is 1. The fraction of sp³-hybridized carbons (Fsp3) is 0.600. The molecule has 3 heterocycles. The summed E-state index contributed by atoms with van der Waals surface area (Å²) in [5.74, 6) is -2.44. The van der Waals surface area contributed by atoms with E-state index in [2.05, 4.69) is 10.3 Å². The van der Waals surface area contributed by atoms with E-state index in [1.54, 1.807) is 25.7 Å². The molecule has 9 heteroatoms. The van der Waals surface area contributed by atoms with Gasteiger partial charge in [0.2, 0.25) is 5.95 Å². The molecular weight excluding hydrogens is 381 g/mol. The van der Waals surface area contributed by atoms with Gasteiger partial charge in [0, 0.05) is 29.9 Å². The minimum Gasteiger partial charge on any atom is -0.480 e. The number of ether oxygens (including phenoxy) is 1. The van der Waals surface area contributed by atoms with Crippen LogP contribution in [0.2, 0.25) is 0 Å². The lowest BCUT2D eigenvalue weighted by Gasteiger charge is -2.41. The number of pyridine rings is 1. The molecule has 2 aliphatic heterocycles. The van der Waals surface area contributed by atoms with E-state index in [-0.39, 0.29) is 29.5 Å². The summed E-state index contributed by atoms with van der Waals surface area (Å²) in [5.41, 5.74) is -0.503. The molecule has 2 amide bonds. The van der Waals surface area contributed by atoms with Crippen LogP contribution in [0.15, 0.2) is 18.3 Å². The highest BCUT2D eigenvalue weighted by Gasteiger charge is 2.47. The maximum Gasteiger partial charge on any atom is 0.408 e. The molecular formula is C20H26FN3O5. The van der Waals surface area contributed by atoms with Gasteiger partial charge in [0.05, 0.1) is 0 Å². The lowest BCUT2D eigenvalue weighted by atomic mass is 9.84. The summed E-state index contributed by atoms with van der Waals surface area (Å²) in [4.78, 5) is 42.0. The van der Waals surface area contributed by atoms with Gasteiger partial charge in [-0.25, -0.2) is 14.6 Å². The van der Waals surface area contributed by atoms with Crippen molar-refractivity contribution in [1.29, 1.82) is 0 Å². The van der Waals surface area contributed by atoms with Crippen LogP contribution >= 0.6 is 0 Å². The Labute approximate surface area is 168 Å². The Kier molecular flexibility index (Phi) is 5.77. The van der Waals surface area contributed by atoms with E-state index >= 15 is 0 Å². The lowest BCUT2D eigenvalue weighted by molar-refractivity contribution is -0.141. The summed E-state index contributed by atoms with van der Waals surface area (Å²) in [5, 5.41) is 12.1. The highest BCUT2D eigenvalue weighted by Crippen LogP contribution is 2.41. The largest absolute Gasteiger partial charge is 0.480 e. The second kappa shape index (κ2) is 7.96. The highest BCUT2D eigenvalue weighted by molar-refractivity contribution is 5.94. The Balaban J connectivity index is 1.71. The third kappa shape index (κ3) is 4.83. The molecule has 3 rings (SSSR count). The van der Waals surface area contributed by atoms with Crippen molar-refractivity contribution in [3.05, 3.63) is 29.8 Å². The van der Waals surface area contributed by atoms with Crippen LogP contribution < -0.4 is 5.32 Å². The molecule has 8 nitrogen and oxygen atoms in total. The SMILES string of the molecule is CC(C)(C)OC(=O)N[C@H](C(=O)O)C1CC2CCC(C1)N2C(=O)c1ccnc(F)c1. The number of hydrogen-bond acceptors (Lipinski definition) is 5. The predicted octanol–water partition coefficient (Wildman–Crippen LogP) is 2.58. The molecule has 1 aromatic heterocycles. The summed E-state index contributed by atoms with van der Waals surface area (Å²) in [6.07, 6.45) is 2.87. The first-order valence-corrected chi connectivity index (χ1v) is 9.71. The van der Waals surface area contributed by atoms with Crippen molar-refractivity contribution >= 4 is 18.0 Å². The quantitative estimate of drug-likeness (QED) is 0.743. The smallest absolute Gasteiger partial charge is 0.408 e. The molecule has 0 saturated carbocycles. The summed E-state index contributed by atoms with van der Waals surface area (Å²) in [6, 6.07) is 1.19. The summed E-state index contributed by atoms with van der Waals surface area (Å²) < 4.78 is 18.6. The number of carbonyl (C=O) groups excluding carboxylic acids is 2. The number of carboxylic acids is 1. The van der Waals surface area contributed by atoms with Crippen LogP contribution in [0, 0.1) is 11.9 Å². The van der Waals surface area contributed by atoms with E-state index in [1.165, 1.54) is 12.3 Å². The van der Waals surface area contributed by atoms with Gasteiger partial charge in [0.1, 0.15) is 11.6 Å². The van der Waals surface area contributed by atoms with Crippen molar-refractivity contribution < 1.29 is 28.6 Å². The van der Waals surface area contributed by atoms with Gasteiger partial charge in [-0.3, -0.25) is 4.79 Å². The van der Waals surface area contributed by atoms with Crippen LogP contribution in [-0.4, -0.2) is 56.7 Å². The number of hydrogen-bond donors (Lipinski definition) is 2. The number of amides is 2. The van der Waals surface area contributed by atoms with Crippen LogP contribution in [0.4, 0.5) is 9.18 Å². The number of carbonyl (C=O) groups is 3. The molecule has 2 N–H and O–H groups in total. The summed E-state index contributed by atoms with van der Waals surface area (Å²) in [6.45, 7) is 5.11. The highest BCUT2D eigenvalue weighted by atomic mass is 19.1. The minimum absolute atomic E-state index is 0.148. The normalized spacial score (nSPS) is 24.7. The maximum absolute atomic E-state index is 13.4. The van der Waals surface area contributed by atoms with Crippen molar-refractivity contribution in [2.75, 3.05) is 0 Å². The maximum atomic E-state index is 13.4. The zero-order valence-corrected chi connectivity index (χ0v) is 16.7. The lowest BCUT2D eigenvalue weighted by Crippen LogP contribution is -2.54. The third-order valence-electron chi connectivity index (χ3n) is 5.39. The molecule has 0 aliphatic carbocycles. The number of halogens is 1. The Morgan fingerprint density at radius 3 is 2.41 bits per heavy atom. The van der Waals surface area contributed by atoms with Gasteiger partial charge in [-0.05, 0) is 58.4 Å². The number of aliphatic carboxylic acids is 1. The molecule has 1 aromatic rings. The first-order valence-electron chi connectivity index (χ1n) is 9.71. The van der Waals surface area contributed by atoms with Gasteiger partial charge in [-0.1, -0.05) is 0 Å². The topological polar surface area (TPSA) is 109 Å². The first kappa shape index (κ1) is 21.0. The van der Waals surface area contributed by atoms with E-state index in [4.69, 9.17) is 4.74 Å². The average molecular weight is 407 g/mol. The zero-order valence-electron chi connectivity index (χ0n) is 16.7. The molecule has 2 fully saturated rings. The third-order valence-corrected chi connectivity index (χ3v) is 5.39. The molecule has 2 aliphatic rings. The number of aromatic nitrogens is 1. The second-order valence-electron chi connectivity index (χ2n) is 8.66. The Morgan fingerprint density at radius 1 is 1.28 bits per heavy atom. The van der Waals surface area contributed by atoms with E-state index in [0.29, 0.717) is 12.8 Å². The van der Waals surface area contributed by atoms with Crippen molar-refractivity contribution in [2.24, 2.45) is 5.92 Å². The zero-order chi connectivity index (χ0) is 21.3. The van der Waals surface area contributed by atoms with E-state index in [1.807, 2.05) is 0 Å². The van der Waals surface area contributed by atoms with Crippen LogP contribution in [0.5, 0.6) is 0 Å². The molecule has 158 valence electrons. The van der Waals surface area contributed by atoms with Gasteiger partial charge in [0.15, 0.2) is 0 Å². The molecule has 0 aromatic carbocycles. The average Bonchev–Trinajstić information content (AvgIpc) is 2.87. The Morgan fingerprint density at radius 2 is 1.90 bits per heavy atom. The minimum atomic E-state index is -1.13. The molecule has 2 saturated heterocycles. The summed E-state index contributed by atoms with van der Waals surface area (Å²) >= 11 is 0. The van der Waals surface area contributed by atoms with E-state index < -0.39 is 29.7 Å². The molecule has 2 unspecified atom stereocenters. The molecule has 3 atom stereocenters. The number of nitrogens with one attached hydrogen (secondary N) is 1. The Bertz CT molecular complexity index is 796. The number of rotatable bonds is 4. The number of fused-ring (bicyclic) bond motifs is 2.